The Bertz CT molecular complexity index is 3860. The lowest BCUT2D eigenvalue weighted by Gasteiger charge is -2.46. The number of nitrogens with zero attached hydrogens (tertiary/aromatic N) is 6. The third kappa shape index (κ3) is 42.6. The molecular formula is C77H121F5N12O36S2. The number of rotatable bonds is 75. The van der Waals surface area contributed by atoms with Gasteiger partial charge in [0, 0.05) is 63.2 Å². The number of unbranched alkanes of at least 4 members (excludes halogenated alkanes) is 1. The van der Waals surface area contributed by atoms with Crippen LogP contribution in [0.25, 0.3) is 0 Å². The van der Waals surface area contributed by atoms with E-state index >= 15 is 0 Å². The van der Waals surface area contributed by atoms with Gasteiger partial charge in [-0.1, -0.05) is 10.4 Å². The fourth-order valence-electron chi connectivity index (χ4n) is 12.2. The summed E-state index contributed by atoms with van der Waals surface area (Å²) in [5, 5.41) is 152. The second-order valence-corrected chi connectivity index (χ2v) is 31.7. The molecule has 0 bridgehead atoms. The second-order valence-electron chi connectivity index (χ2n) is 29.0. The molecule has 55 heteroatoms. The van der Waals surface area contributed by atoms with Crippen LogP contribution in [0.2, 0.25) is 0 Å². The number of aliphatic hydroxyl groups is 10. The smallest absolute Gasteiger partial charge is 0.346 e. The summed E-state index contributed by atoms with van der Waals surface area (Å²) < 4.78 is 153. The van der Waals surface area contributed by atoms with Gasteiger partial charge in [0.15, 0.2) is 0 Å². The lowest BCUT2D eigenvalue weighted by molar-refractivity contribution is -0.205. The van der Waals surface area contributed by atoms with Gasteiger partial charge >= 0.3 is 17.9 Å². The van der Waals surface area contributed by atoms with Crippen molar-refractivity contribution in [3.05, 3.63) is 52.9 Å². The molecule has 2 fully saturated rings. The number of halogens is 5. The molecule has 0 spiro atoms. The topological polar surface area (TPSA) is 668 Å². The molecule has 5 rings (SSSR count). The number of aliphatic carboxylic acids is 2. The van der Waals surface area contributed by atoms with Gasteiger partial charge in [-0.05, 0) is 25.7 Å². The predicted octanol–water partition coefficient (Wildman–Crippen LogP) is -6.27. The number of amides is 6. The Morgan fingerprint density at radius 2 is 0.826 bits per heavy atom. The predicted molar refractivity (Wildman–Crippen MR) is 440 cm³/mol. The van der Waals surface area contributed by atoms with Crippen LogP contribution >= 0.6 is 23.5 Å². The molecule has 0 saturated carbocycles. The van der Waals surface area contributed by atoms with E-state index in [1.165, 1.54) is 0 Å². The number of hydrogen-bond donors (Lipinski definition) is 18. The van der Waals surface area contributed by atoms with Crippen LogP contribution in [0.5, 0.6) is 5.75 Å². The van der Waals surface area contributed by atoms with Crippen molar-refractivity contribution in [2.75, 3.05) is 203 Å². The summed E-state index contributed by atoms with van der Waals surface area (Å²) in [6.07, 6.45) is -11.1. The molecule has 2 aromatic heterocycles. The number of benzene rings is 1. The quantitative estimate of drug-likeness (QED) is 0.00624. The van der Waals surface area contributed by atoms with Gasteiger partial charge in [0.1, 0.15) is 67.3 Å². The summed E-state index contributed by atoms with van der Waals surface area (Å²) in [6.45, 7) is -0.316. The molecular weight excluding hydrogens is 1830 g/mol. The van der Waals surface area contributed by atoms with Gasteiger partial charge in [-0.2, -0.15) is 8.78 Å². The van der Waals surface area contributed by atoms with Gasteiger partial charge in [0.2, 0.25) is 80.1 Å². The molecule has 132 heavy (non-hydrogen) atoms. The van der Waals surface area contributed by atoms with Gasteiger partial charge in [0.25, 0.3) is 0 Å². The van der Waals surface area contributed by atoms with Crippen molar-refractivity contribution in [2.24, 2.45) is 0 Å². The van der Waals surface area contributed by atoms with Crippen molar-refractivity contribution in [3.8, 4) is 5.75 Å². The number of carbonyl (C=O) groups is 9. The molecule has 18 N–H and O–H groups in total. The van der Waals surface area contributed by atoms with Crippen LogP contribution in [0.15, 0.2) is 12.4 Å². The van der Waals surface area contributed by atoms with E-state index in [1.807, 2.05) is 0 Å². The van der Waals surface area contributed by atoms with Gasteiger partial charge in [-0.25, -0.2) is 32.1 Å². The first kappa shape index (κ1) is 115. The number of hydrogen-bond acceptors (Lipinski definition) is 40. The summed E-state index contributed by atoms with van der Waals surface area (Å²) >= 11 is 1.47. The van der Waals surface area contributed by atoms with E-state index in [2.05, 4.69) is 57.3 Å². The zero-order valence-electron chi connectivity index (χ0n) is 72.4. The van der Waals surface area contributed by atoms with Crippen molar-refractivity contribution in [2.45, 2.75) is 167 Å². The number of esters is 1. The van der Waals surface area contributed by atoms with Crippen molar-refractivity contribution < 1.29 is 197 Å². The fraction of sp³-hybridized carbons (Fsp3) is 0.753. The van der Waals surface area contributed by atoms with Crippen LogP contribution in [0.1, 0.15) is 75.6 Å². The minimum Gasteiger partial charge on any atom is -0.478 e. The highest BCUT2D eigenvalue weighted by molar-refractivity contribution is 8.01. The number of aliphatic hydroxyl groups excluding tert-OH is 10. The van der Waals surface area contributed by atoms with Crippen LogP contribution in [0.3, 0.4) is 0 Å². The molecule has 2 aliphatic heterocycles. The van der Waals surface area contributed by atoms with Gasteiger partial charge < -0.3 is 164 Å². The van der Waals surface area contributed by atoms with Crippen LogP contribution in [-0.4, -0.2) is 424 Å². The molecule has 48 nitrogen and oxygen atoms in total. The first-order valence-electron chi connectivity index (χ1n) is 42.2. The van der Waals surface area contributed by atoms with E-state index in [0.29, 0.717) is 37.3 Å². The lowest BCUT2D eigenvalue weighted by Crippen LogP contribution is -2.66. The lowest BCUT2D eigenvalue weighted by atomic mass is 9.89. The molecule has 752 valence electrons. The molecule has 2 aliphatic rings. The maximum atomic E-state index is 13.8. The average Bonchev–Trinajstić information content (AvgIpc) is 1.04. The molecule has 4 heterocycles. The Morgan fingerprint density at radius 3 is 1.24 bits per heavy atom. The van der Waals surface area contributed by atoms with Crippen molar-refractivity contribution in [1.82, 2.24) is 61.9 Å². The van der Waals surface area contributed by atoms with Gasteiger partial charge in [0.05, 0.1) is 228 Å². The van der Waals surface area contributed by atoms with E-state index in [9.17, 15) is 126 Å². The van der Waals surface area contributed by atoms with Gasteiger partial charge in [-0.15, -0.1) is 33.7 Å². The standard InChI is InChI=1S/C77H121F5N12O36S2/c78-61-62(79)64(81)70(65(82)63(61)80)128-60(108)8-16-118-22-26-122-28-29-123-27-23-119-17-11-85-73(111)50(4-1-2-9-83-55(103)6-14-116-20-24-120-18-12-93-40-48(89-91-93)46-126-32-30-124-34-36-131-76(74(112)113)38-51(99)66(87-58(106)44-97)71(129-76)68(109)53(101)42-95)86-57(105)5-3-10-84-56(104)7-15-117-21-25-121-19-13-94-41-49(90-92-94)47-127-33-31-125-35-37-132-77(75(114)115)39-52(100)67(88-59(107)45-98)72(130-77)69(110)54(102)43-96/h40-41,50-54,66-69,71-72,95-102,109-110H,1-39,42-47H2,(H,83,103)(H,84,104)(H,85,111)(H,86,105)(H,87,106)(H,88,107)(H,112,113)(H,114,115)/t50-,51-,52-,53+,54+,66+,67+,68+,69+,71+,72+,76-,77-/m1/s1. The molecule has 3 aromatic rings. The Hall–Kier alpha value is -7.88. The summed E-state index contributed by atoms with van der Waals surface area (Å²) in [7, 11) is 0. The fourth-order valence-corrected chi connectivity index (χ4v) is 14.5. The Balaban J connectivity index is 0.904. The molecule has 2 saturated heterocycles. The van der Waals surface area contributed by atoms with E-state index in [1.54, 1.807) is 21.8 Å². The summed E-state index contributed by atoms with van der Waals surface area (Å²) in [5.41, 5.74) is 1.02. The molecule has 0 radical (unpaired) electrons. The third-order valence-corrected chi connectivity index (χ3v) is 21.6. The largest absolute Gasteiger partial charge is 0.478 e. The SMILES string of the molecule is O=C(CCOCCOCCn1cc(COCCOCCS[C@@]2(C(=O)O)C[C@@H](O)[C@H](NC(=O)CO)[C@@H]([C@@H](O)[C@@H](O)CO)O2)nn1)NCCCC[C@@H](NC(=O)CCCNC(=O)CCOCCOCCn1cc(COCCOCCS[C@@]2(C(=O)O)C[C@@H](O)[C@H](NC(=O)CO)[C@@H]([C@@H](O)[C@@H](O)CO)O2)nn1)C(=O)NCCOCCOCCOCCOCCC(=O)Oc1c(F)c(F)c(F)c(F)c1F. The average molecular weight is 1950 g/mol. The Morgan fingerprint density at radius 1 is 0.447 bits per heavy atom. The minimum atomic E-state index is -2.40. The zero-order chi connectivity index (χ0) is 96.6. The number of aromatic nitrogens is 6. The highest BCUT2D eigenvalue weighted by Crippen LogP contribution is 2.42. The highest BCUT2D eigenvalue weighted by Gasteiger charge is 2.57. The Labute approximate surface area is 762 Å². The maximum absolute atomic E-state index is 13.8. The summed E-state index contributed by atoms with van der Waals surface area (Å²) in [4.78, 5) is 108. The molecule has 13 atom stereocenters. The number of ether oxygens (including phenoxy) is 15. The van der Waals surface area contributed by atoms with Crippen LogP contribution in [0, 0.1) is 29.1 Å². The van der Waals surface area contributed by atoms with E-state index < -0.39 is 199 Å². The summed E-state index contributed by atoms with van der Waals surface area (Å²) in [6, 6.07) is -3.84. The molecule has 1 aromatic carbocycles. The third-order valence-electron chi connectivity index (χ3n) is 19.0. The van der Waals surface area contributed by atoms with Crippen molar-refractivity contribution in [3.63, 3.8) is 0 Å². The first-order valence-corrected chi connectivity index (χ1v) is 44.1. The normalized spacial score (nSPS) is 19.7. The Kier molecular flexibility index (Phi) is 56.4. The number of carboxylic acid groups (broad SMARTS) is 2. The molecule has 0 unspecified atom stereocenters. The second kappa shape index (κ2) is 65.0. The number of carbonyl (C=O) groups excluding carboxylic acids is 7. The number of nitrogens with one attached hydrogen (secondary N) is 6. The molecule has 6 amide bonds. The van der Waals surface area contributed by atoms with Gasteiger partial charge in [-0.3, -0.25) is 33.6 Å². The van der Waals surface area contributed by atoms with E-state index in [4.69, 9.17) is 66.3 Å². The summed E-state index contributed by atoms with van der Waals surface area (Å²) in [5.74, 6) is -21.0. The zero-order valence-corrected chi connectivity index (χ0v) is 74.0. The minimum absolute atomic E-state index is 0.00509. The van der Waals surface area contributed by atoms with E-state index in [-0.39, 0.29) is 234 Å². The van der Waals surface area contributed by atoms with Crippen molar-refractivity contribution >= 4 is 76.9 Å². The monoisotopic (exact) mass is 1950 g/mol. The first-order chi connectivity index (χ1) is 63.4. The number of carboxylic acids is 2. The van der Waals surface area contributed by atoms with Crippen LogP contribution < -0.4 is 36.6 Å². The van der Waals surface area contributed by atoms with Crippen molar-refractivity contribution in [1.29, 1.82) is 0 Å². The number of thioether (sulfide) groups is 2. The van der Waals surface area contributed by atoms with Crippen LogP contribution in [0.4, 0.5) is 22.0 Å². The maximum Gasteiger partial charge on any atom is 0.346 e. The van der Waals surface area contributed by atoms with E-state index in [0.717, 1.165) is 23.5 Å². The van der Waals surface area contributed by atoms with Crippen LogP contribution in [-0.2, 0) is 136 Å². The molecule has 0 aliphatic carbocycles. The highest BCUT2D eigenvalue weighted by atomic mass is 32.2.